The molecular weight excluding hydrogens is 482 g/mol. The van der Waals surface area contributed by atoms with Gasteiger partial charge in [0, 0.05) is 30.4 Å². The predicted octanol–water partition coefficient (Wildman–Crippen LogP) is 3.01. The van der Waals surface area contributed by atoms with E-state index in [0.717, 1.165) is 12.8 Å². The Morgan fingerprint density at radius 3 is 2.34 bits per heavy atom. The number of amides is 2. The van der Waals surface area contributed by atoms with Gasteiger partial charge in [-0.1, -0.05) is 24.8 Å². The standard InChI is InChI=1S/C28H27N7O3/c1-2-23(36)33-14-18-12-22(13-19(18)15-33)35-26-24(25(29)30-16-31-26)34(28(35)38)21-10-8-17(9-11-21)27(37)32-20-6-4-3-5-7-20/h2-11,16,18-19,22H,1,12-15H2,(H,32,37)(H2,29,30,31). The zero-order valence-electron chi connectivity index (χ0n) is 20.7. The molecule has 0 radical (unpaired) electrons. The molecule has 3 N–H and O–H groups in total. The van der Waals surface area contributed by atoms with Gasteiger partial charge in [-0.05, 0) is 67.2 Å². The molecule has 2 fully saturated rings. The van der Waals surface area contributed by atoms with E-state index in [9.17, 15) is 14.4 Å². The number of carbonyl (C=O) groups excluding carboxylic acids is 2. The third-order valence-corrected chi connectivity index (χ3v) is 7.68. The van der Waals surface area contributed by atoms with Crippen molar-refractivity contribution in [1.29, 1.82) is 0 Å². The molecule has 38 heavy (non-hydrogen) atoms. The first-order valence-corrected chi connectivity index (χ1v) is 12.6. The molecule has 4 aromatic rings. The number of likely N-dealkylation sites (tertiary alicyclic amines) is 1. The Labute approximate surface area is 218 Å². The van der Waals surface area contributed by atoms with Crippen molar-refractivity contribution >= 4 is 34.5 Å². The highest BCUT2D eigenvalue weighted by Gasteiger charge is 2.43. The Kier molecular flexibility index (Phi) is 5.79. The second kappa shape index (κ2) is 9.29. The number of nitrogen functional groups attached to an aromatic ring is 1. The van der Waals surface area contributed by atoms with Crippen molar-refractivity contribution in [3.63, 3.8) is 0 Å². The molecule has 1 saturated carbocycles. The number of fused-ring (bicyclic) bond motifs is 2. The number of nitrogens with one attached hydrogen (secondary N) is 1. The molecular formula is C28H27N7O3. The van der Waals surface area contributed by atoms with Gasteiger partial charge in [-0.25, -0.2) is 14.8 Å². The van der Waals surface area contributed by atoms with Crippen LogP contribution in [0.2, 0.25) is 0 Å². The molecule has 2 atom stereocenters. The summed E-state index contributed by atoms with van der Waals surface area (Å²) < 4.78 is 3.24. The maximum atomic E-state index is 13.9. The lowest BCUT2D eigenvalue weighted by Gasteiger charge is -2.18. The number of nitrogens with zero attached hydrogens (tertiary/aromatic N) is 5. The number of aromatic nitrogens is 4. The van der Waals surface area contributed by atoms with Gasteiger partial charge in [0.15, 0.2) is 11.5 Å². The van der Waals surface area contributed by atoms with E-state index in [1.165, 1.54) is 17.0 Å². The van der Waals surface area contributed by atoms with Crippen LogP contribution in [0.3, 0.4) is 0 Å². The highest BCUT2D eigenvalue weighted by Crippen LogP contribution is 2.44. The second-order valence-electron chi connectivity index (χ2n) is 9.88. The third-order valence-electron chi connectivity index (χ3n) is 7.68. The first-order chi connectivity index (χ1) is 18.4. The molecule has 0 spiro atoms. The highest BCUT2D eigenvalue weighted by molar-refractivity contribution is 6.04. The SMILES string of the molecule is C=CC(=O)N1CC2CC(n3c(=O)n(-c4ccc(C(=O)Nc5ccccc5)cc4)c4c(N)ncnc43)CC2C1. The van der Waals surface area contributed by atoms with Crippen molar-refractivity contribution in [2.75, 3.05) is 24.1 Å². The minimum atomic E-state index is -0.252. The molecule has 10 heteroatoms. The molecule has 1 saturated heterocycles. The van der Waals surface area contributed by atoms with E-state index < -0.39 is 0 Å². The highest BCUT2D eigenvalue weighted by atomic mass is 16.2. The van der Waals surface area contributed by atoms with Crippen LogP contribution in [0.4, 0.5) is 11.5 Å². The van der Waals surface area contributed by atoms with E-state index in [4.69, 9.17) is 5.73 Å². The van der Waals surface area contributed by atoms with E-state index in [2.05, 4.69) is 21.9 Å². The molecule has 1 aliphatic carbocycles. The summed E-state index contributed by atoms with van der Waals surface area (Å²) in [6, 6.07) is 15.9. The van der Waals surface area contributed by atoms with E-state index in [0.29, 0.717) is 53.0 Å². The quantitative estimate of drug-likeness (QED) is 0.398. The molecule has 0 bridgehead atoms. The van der Waals surface area contributed by atoms with Gasteiger partial charge in [0.25, 0.3) is 5.91 Å². The number of benzene rings is 2. The van der Waals surface area contributed by atoms with E-state index in [1.54, 1.807) is 28.8 Å². The summed E-state index contributed by atoms with van der Waals surface area (Å²) in [6.07, 6.45) is 4.27. The lowest BCUT2D eigenvalue weighted by Crippen LogP contribution is -2.30. The number of hydrogen-bond donors (Lipinski definition) is 2. The topological polar surface area (TPSA) is 128 Å². The van der Waals surface area contributed by atoms with Crippen molar-refractivity contribution in [2.45, 2.75) is 18.9 Å². The summed E-state index contributed by atoms with van der Waals surface area (Å²) in [5.41, 5.74) is 8.66. The number of imidazole rings is 1. The number of nitrogens with two attached hydrogens (primary N) is 1. The van der Waals surface area contributed by atoms with Gasteiger partial charge in [0.1, 0.15) is 11.8 Å². The average molecular weight is 510 g/mol. The molecule has 2 unspecified atom stereocenters. The van der Waals surface area contributed by atoms with Crippen LogP contribution in [0.25, 0.3) is 16.9 Å². The van der Waals surface area contributed by atoms with E-state index in [-0.39, 0.29) is 29.4 Å². The average Bonchev–Trinajstić information content (AvgIpc) is 3.59. The van der Waals surface area contributed by atoms with Crippen LogP contribution < -0.4 is 16.7 Å². The van der Waals surface area contributed by atoms with Crippen molar-refractivity contribution in [3.05, 3.63) is 89.6 Å². The molecule has 2 aliphatic rings. The van der Waals surface area contributed by atoms with Crippen LogP contribution in [-0.2, 0) is 4.79 Å². The van der Waals surface area contributed by atoms with Crippen LogP contribution in [0, 0.1) is 11.8 Å². The Hall–Kier alpha value is -4.73. The number of rotatable bonds is 5. The van der Waals surface area contributed by atoms with Crippen LogP contribution in [0.15, 0.2) is 78.4 Å². The lowest BCUT2D eigenvalue weighted by atomic mass is 10.0. The van der Waals surface area contributed by atoms with Crippen LogP contribution >= 0.6 is 0 Å². The fourth-order valence-electron chi connectivity index (χ4n) is 5.91. The Morgan fingerprint density at radius 1 is 1.00 bits per heavy atom. The van der Waals surface area contributed by atoms with Crippen molar-refractivity contribution in [2.24, 2.45) is 11.8 Å². The number of hydrogen-bond acceptors (Lipinski definition) is 6. The number of carbonyl (C=O) groups is 2. The summed E-state index contributed by atoms with van der Waals surface area (Å²) in [7, 11) is 0. The van der Waals surface area contributed by atoms with Gasteiger partial charge in [-0.15, -0.1) is 0 Å². The van der Waals surface area contributed by atoms with Crippen LogP contribution in [0.5, 0.6) is 0 Å². The summed E-state index contributed by atoms with van der Waals surface area (Å²) >= 11 is 0. The predicted molar refractivity (Wildman–Crippen MR) is 144 cm³/mol. The first-order valence-electron chi connectivity index (χ1n) is 12.6. The molecule has 2 aromatic carbocycles. The van der Waals surface area contributed by atoms with E-state index in [1.807, 2.05) is 35.2 Å². The second-order valence-corrected chi connectivity index (χ2v) is 9.88. The Bertz CT molecular complexity index is 1590. The molecule has 2 aromatic heterocycles. The van der Waals surface area contributed by atoms with Crippen molar-refractivity contribution in [1.82, 2.24) is 24.0 Å². The third kappa shape index (κ3) is 3.94. The van der Waals surface area contributed by atoms with Gasteiger partial charge >= 0.3 is 5.69 Å². The van der Waals surface area contributed by atoms with E-state index >= 15 is 0 Å². The summed E-state index contributed by atoms with van der Waals surface area (Å²) in [5, 5.41) is 2.86. The Morgan fingerprint density at radius 2 is 1.68 bits per heavy atom. The minimum absolute atomic E-state index is 0.0499. The zero-order chi connectivity index (χ0) is 26.4. The summed E-state index contributed by atoms with van der Waals surface area (Å²) in [5.74, 6) is 0.539. The minimum Gasteiger partial charge on any atom is -0.382 e. The zero-order valence-corrected chi connectivity index (χ0v) is 20.7. The first kappa shape index (κ1) is 23.7. The number of para-hydroxylation sites is 1. The summed E-state index contributed by atoms with van der Waals surface area (Å²) in [6.45, 7) is 4.93. The largest absolute Gasteiger partial charge is 0.382 e. The lowest BCUT2D eigenvalue weighted by molar-refractivity contribution is -0.125. The van der Waals surface area contributed by atoms with Gasteiger partial charge in [-0.2, -0.15) is 0 Å². The molecule has 1 aliphatic heterocycles. The summed E-state index contributed by atoms with van der Waals surface area (Å²) in [4.78, 5) is 49.1. The molecule has 192 valence electrons. The Balaban J connectivity index is 1.32. The van der Waals surface area contributed by atoms with Gasteiger partial charge in [0.05, 0.1) is 5.69 Å². The van der Waals surface area contributed by atoms with Gasteiger partial charge < -0.3 is 16.0 Å². The van der Waals surface area contributed by atoms with Crippen LogP contribution in [0.1, 0.15) is 29.2 Å². The normalized spacial score (nSPS) is 20.4. The van der Waals surface area contributed by atoms with Gasteiger partial charge in [0.2, 0.25) is 5.91 Å². The molecule has 10 nitrogen and oxygen atoms in total. The molecule has 6 rings (SSSR count). The maximum Gasteiger partial charge on any atom is 0.335 e. The monoisotopic (exact) mass is 509 g/mol. The van der Waals surface area contributed by atoms with Crippen molar-refractivity contribution in [3.8, 4) is 5.69 Å². The van der Waals surface area contributed by atoms with Crippen molar-refractivity contribution < 1.29 is 9.59 Å². The molecule has 2 amide bonds. The fourth-order valence-corrected chi connectivity index (χ4v) is 5.91. The van der Waals surface area contributed by atoms with Gasteiger partial charge in [-0.3, -0.25) is 18.7 Å². The number of anilines is 2. The molecule has 3 heterocycles. The smallest absolute Gasteiger partial charge is 0.335 e. The van der Waals surface area contributed by atoms with Crippen LogP contribution in [-0.4, -0.2) is 48.9 Å². The maximum absolute atomic E-state index is 13.9. The fraction of sp³-hybridized carbons (Fsp3) is 0.250.